The molecule has 2 rings (SSSR count). The van der Waals surface area contributed by atoms with Crippen LogP contribution in [0.15, 0.2) is 24.5 Å². The number of likely N-dealkylation sites (N-methyl/N-ethyl adjacent to an activating group) is 1. The topological polar surface area (TPSA) is 93.4 Å². The van der Waals surface area contributed by atoms with E-state index in [0.717, 1.165) is 6.54 Å². The quantitative estimate of drug-likeness (QED) is 0.712. The Bertz CT molecular complexity index is 755. The van der Waals surface area contributed by atoms with Gasteiger partial charge in [-0.25, -0.2) is 9.97 Å². The van der Waals surface area contributed by atoms with Gasteiger partial charge in [0.25, 0.3) is 0 Å². The first kappa shape index (κ1) is 19.2. The Morgan fingerprint density at radius 1 is 1.28 bits per heavy atom. The highest BCUT2D eigenvalue weighted by Gasteiger charge is 2.12. The molecule has 0 aliphatic heterocycles. The van der Waals surface area contributed by atoms with E-state index in [-0.39, 0.29) is 28.3 Å². The van der Waals surface area contributed by atoms with Gasteiger partial charge < -0.3 is 20.7 Å². The summed E-state index contributed by atoms with van der Waals surface area (Å²) in [7, 11) is 3.88. The average molecular weight is 384 g/mol. The van der Waals surface area contributed by atoms with Gasteiger partial charge in [0.05, 0.1) is 22.8 Å². The minimum atomic E-state index is -0.125. The Hall–Kier alpha value is -2.09. The maximum absolute atomic E-state index is 11.9. The van der Waals surface area contributed by atoms with Gasteiger partial charge in [0.1, 0.15) is 17.1 Å². The lowest BCUT2D eigenvalue weighted by Gasteiger charge is -2.11. The molecule has 0 bridgehead atoms. The molecular formula is C16H19Cl2N5O2. The van der Waals surface area contributed by atoms with Crippen LogP contribution in [0.4, 0.5) is 5.69 Å². The standard InChI is InChI=1S/C16H19Cl2N5O2/c1-23(2)6-5-20-13(24)7-10-8-14(22-9-21-10)25-12-4-3-11(19)15(17)16(12)18/h3-4,8-9H,5-7,19H2,1-2H3,(H,20,24). The summed E-state index contributed by atoms with van der Waals surface area (Å²) >= 11 is 12.1. The third-order valence-corrected chi connectivity index (χ3v) is 4.09. The van der Waals surface area contributed by atoms with E-state index in [4.69, 9.17) is 33.7 Å². The summed E-state index contributed by atoms with van der Waals surface area (Å²) < 4.78 is 5.62. The van der Waals surface area contributed by atoms with Gasteiger partial charge in [0, 0.05) is 19.2 Å². The summed E-state index contributed by atoms with van der Waals surface area (Å²) in [5.41, 5.74) is 6.57. The Morgan fingerprint density at radius 2 is 2.04 bits per heavy atom. The zero-order valence-electron chi connectivity index (χ0n) is 13.9. The van der Waals surface area contributed by atoms with E-state index >= 15 is 0 Å². The SMILES string of the molecule is CN(C)CCNC(=O)Cc1cc(Oc2ccc(N)c(Cl)c2Cl)ncn1. The van der Waals surface area contributed by atoms with Crippen LogP contribution in [-0.2, 0) is 11.2 Å². The lowest BCUT2D eigenvalue weighted by molar-refractivity contribution is -0.120. The van der Waals surface area contributed by atoms with Crippen molar-refractivity contribution < 1.29 is 9.53 Å². The number of aromatic nitrogens is 2. The van der Waals surface area contributed by atoms with Crippen LogP contribution in [0.3, 0.4) is 0 Å². The second kappa shape index (κ2) is 8.84. The minimum absolute atomic E-state index is 0.125. The number of ether oxygens (including phenoxy) is 1. The van der Waals surface area contributed by atoms with Crippen molar-refractivity contribution in [1.82, 2.24) is 20.2 Å². The lowest BCUT2D eigenvalue weighted by Crippen LogP contribution is -2.32. The molecule has 0 saturated carbocycles. The molecule has 9 heteroatoms. The molecule has 0 fully saturated rings. The molecule has 3 N–H and O–H groups in total. The third-order valence-electron chi connectivity index (χ3n) is 3.21. The van der Waals surface area contributed by atoms with Crippen LogP contribution in [-0.4, -0.2) is 48.0 Å². The number of nitrogen functional groups attached to an aromatic ring is 1. The van der Waals surface area contributed by atoms with Crippen molar-refractivity contribution >= 4 is 34.8 Å². The Morgan fingerprint density at radius 3 is 2.76 bits per heavy atom. The van der Waals surface area contributed by atoms with E-state index in [2.05, 4.69) is 15.3 Å². The van der Waals surface area contributed by atoms with Crippen LogP contribution in [0.5, 0.6) is 11.6 Å². The zero-order chi connectivity index (χ0) is 18.4. The number of carbonyl (C=O) groups excluding carboxylic acids is 1. The number of carbonyl (C=O) groups is 1. The van der Waals surface area contributed by atoms with Crippen LogP contribution >= 0.6 is 23.2 Å². The number of hydrogen-bond acceptors (Lipinski definition) is 6. The summed E-state index contributed by atoms with van der Waals surface area (Å²) in [4.78, 5) is 22.0. The van der Waals surface area contributed by atoms with Crippen molar-refractivity contribution in [3.63, 3.8) is 0 Å². The Kier molecular flexibility index (Phi) is 6.81. The van der Waals surface area contributed by atoms with Gasteiger partial charge in [-0.15, -0.1) is 0 Å². The molecule has 1 aromatic heterocycles. The van der Waals surface area contributed by atoms with Gasteiger partial charge in [-0.1, -0.05) is 23.2 Å². The molecule has 134 valence electrons. The molecular weight excluding hydrogens is 365 g/mol. The number of amides is 1. The van der Waals surface area contributed by atoms with Crippen LogP contribution in [0.2, 0.25) is 10.0 Å². The number of halogens is 2. The number of rotatable bonds is 7. The third kappa shape index (κ3) is 5.74. The highest BCUT2D eigenvalue weighted by atomic mass is 35.5. The van der Waals surface area contributed by atoms with Gasteiger partial charge in [0.15, 0.2) is 0 Å². The summed E-state index contributed by atoms with van der Waals surface area (Å²) in [5, 5.41) is 3.23. The fraction of sp³-hybridized carbons (Fsp3) is 0.312. The van der Waals surface area contributed by atoms with Crippen molar-refractivity contribution in [2.75, 3.05) is 32.9 Å². The molecule has 0 aliphatic rings. The Labute approximate surface area is 156 Å². The molecule has 0 saturated heterocycles. The lowest BCUT2D eigenvalue weighted by atomic mass is 10.2. The molecule has 1 heterocycles. The smallest absolute Gasteiger partial charge is 0.226 e. The first-order valence-corrected chi connectivity index (χ1v) is 8.26. The van der Waals surface area contributed by atoms with Crippen molar-refractivity contribution in [1.29, 1.82) is 0 Å². The highest BCUT2D eigenvalue weighted by Crippen LogP contribution is 2.37. The molecule has 0 atom stereocenters. The maximum Gasteiger partial charge on any atom is 0.226 e. The van der Waals surface area contributed by atoms with Crippen LogP contribution < -0.4 is 15.8 Å². The normalized spacial score (nSPS) is 10.8. The predicted molar refractivity (Wildman–Crippen MR) is 98.2 cm³/mol. The van der Waals surface area contributed by atoms with Crippen LogP contribution in [0, 0.1) is 0 Å². The van der Waals surface area contributed by atoms with Crippen LogP contribution in [0.25, 0.3) is 0 Å². The highest BCUT2D eigenvalue weighted by molar-refractivity contribution is 6.44. The number of nitrogens with zero attached hydrogens (tertiary/aromatic N) is 3. The number of nitrogens with one attached hydrogen (secondary N) is 1. The number of benzene rings is 1. The summed E-state index contributed by atoms with van der Waals surface area (Å²) in [6.45, 7) is 1.33. The van der Waals surface area contributed by atoms with Gasteiger partial charge >= 0.3 is 0 Å². The summed E-state index contributed by atoms with van der Waals surface area (Å²) in [6, 6.07) is 4.76. The molecule has 2 aromatic rings. The number of nitrogens with two attached hydrogens (primary N) is 1. The number of anilines is 1. The second-order valence-corrected chi connectivity index (χ2v) is 6.32. The largest absolute Gasteiger partial charge is 0.437 e. The monoisotopic (exact) mass is 383 g/mol. The summed E-state index contributed by atoms with van der Waals surface area (Å²) in [5.74, 6) is 0.454. The van der Waals surface area contributed by atoms with Gasteiger partial charge in [-0.3, -0.25) is 4.79 Å². The molecule has 25 heavy (non-hydrogen) atoms. The maximum atomic E-state index is 11.9. The van der Waals surface area contributed by atoms with Crippen molar-refractivity contribution in [3.05, 3.63) is 40.3 Å². The minimum Gasteiger partial charge on any atom is -0.437 e. The van der Waals surface area contributed by atoms with E-state index in [1.165, 1.54) is 6.33 Å². The van der Waals surface area contributed by atoms with E-state index in [1.807, 2.05) is 19.0 Å². The molecule has 0 spiro atoms. The van der Waals surface area contributed by atoms with Gasteiger partial charge in [0.2, 0.25) is 11.8 Å². The fourth-order valence-corrected chi connectivity index (χ4v) is 2.28. The van der Waals surface area contributed by atoms with Crippen molar-refractivity contribution in [3.8, 4) is 11.6 Å². The molecule has 1 amide bonds. The number of hydrogen-bond donors (Lipinski definition) is 2. The molecule has 0 unspecified atom stereocenters. The second-order valence-electron chi connectivity index (χ2n) is 5.56. The zero-order valence-corrected chi connectivity index (χ0v) is 15.4. The van der Waals surface area contributed by atoms with E-state index in [1.54, 1.807) is 18.2 Å². The van der Waals surface area contributed by atoms with Gasteiger partial charge in [-0.2, -0.15) is 0 Å². The van der Waals surface area contributed by atoms with Gasteiger partial charge in [-0.05, 0) is 26.2 Å². The molecule has 1 aromatic carbocycles. The van der Waals surface area contributed by atoms with E-state index in [9.17, 15) is 4.79 Å². The summed E-state index contributed by atoms with van der Waals surface area (Å²) in [6.07, 6.45) is 1.45. The van der Waals surface area contributed by atoms with Crippen molar-refractivity contribution in [2.24, 2.45) is 0 Å². The fourth-order valence-electron chi connectivity index (χ4n) is 1.91. The van der Waals surface area contributed by atoms with Crippen molar-refractivity contribution in [2.45, 2.75) is 6.42 Å². The molecule has 0 aliphatic carbocycles. The Balaban J connectivity index is 2.02. The predicted octanol–water partition coefficient (Wildman–Crippen LogP) is 2.38. The molecule has 0 radical (unpaired) electrons. The first-order chi connectivity index (χ1) is 11.9. The average Bonchev–Trinajstić information content (AvgIpc) is 2.55. The van der Waals surface area contributed by atoms with E-state index < -0.39 is 0 Å². The first-order valence-electron chi connectivity index (χ1n) is 7.50. The van der Waals surface area contributed by atoms with E-state index in [0.29, 0.717) is 23.7 Å². The van der Waals surface area contributed by atoms with Crippen LogP contribution in [0.1, 0.15) is 5.69 Å². The molecule has 7 nitrogen and oxygen atoms in total.